The number of guanidine groups is 1. The zero-order chi connectivity index (χ0) is 13.8. The third kappa shape index (κ3) is 3.31. The van der Waals surface area contributed by atoms with Crippen molar-refractivity contribution in [2.24, 2.45) is 10.7 Å². The molecule has 5 nitrogen and oxygen atoms in total. The van der Waals surface area contributed by atoms with Gasteiger partial charge in [-0.25, -0.2) is 0 Å². The van der Waals surface area contributed by atoms with Crippen LogP contribution in [0.1, 0.15) is 10.4 Å². The fraction of sp³-hybridized carbons (Fsp3) is 0.643. The maximum Gasteiger partial charge on any atom is 0.191 e. The second-order valence-electron chi connectivity index (χ2n) is 5.23. The number of nitrogens with zero attached hydrogens (tertiary/aromatic N) is 3. The first kappa shape index (κ1) is 13.9. The Hall–Kier alpha value is -1.11. The topological polar surface area (TPSA) is 54.1 Å². The Bertz CT molecular complexity index is 467. The van der Waals surface area contributed by atoms with Crippen LogP contribution in [-0.4, -0.2) is 61.7 Å². The number of ether oxygens (including phenoxy) is 1. The molecule has 0 spiro atoms. The number of hydrogen-bond donors (Lipinski definition) is 1. The number of morpholine rings is 1. The Morgan fingerprint density at radius 2 is 2.20 bits per heavy atom. The molecule has 1 aromatic heterocycles. The molecular formula is C14H22N4OS. The number of aliphatic imine (C=N–C) groups is 1. The molecule has 0 saturated carbocycles. The fourth-order valence-corrected chi connectivity index (χ4v) is 3.59. The van der Waals surface area contributed by atoms with Crippen molar-refractivity contribution >= 4 is 17.3 Å². The van der Waals surface area contributed by atoms with Gasteiger partial charge in [0.1, 0.15) is 0 Å². The van der Waals surface area contributed by atoms with Crippen LogP contribution in [0.3, 0.4) is 0 Å². The van der Waals surface area contributed by atoms with Crippen LogP contribution in [-0.2, 0) is 17.7 Å². The summed E-state index contributed by atoms with van der Waals surface area (Å²) in [5.74, 6) is 0.668. The van der Waals surface area contributed by atoms with Gasteiger partial charge in [-0.3, -0.25) is 9.89 Å². The summed E-state index contributed by atoms with van der Waals surface area (Å²) in [7, 11) is 0. The summed E-state index contributed by atoms with van der Waals surface area (Å²) in [5, 5.41) is 2.20. The molecule has 0 amide bonds. The second-order valence-corrected chi connectivity index (χ2v) is 6.24. The van der Waals surface area contributed by atoms with Crippen molar-refractivity contribution < 1.29 is 4.74 Å². The lowest BCUT2D eigenvalue weighted by atomic mass is 10.1. The molecule has 0 radical (unpaired) electrons. The van der Waals surface area contributed by atoms with Crippen molar-refractivity contribution in [1.82, 2.24) is 9.80 Å². The predicted molar refractivity (Wildman–Crippen MR) is 82.2 cm³/mol. The fourth-order valence-electron chi connectivity index (χ4n) is 2.70. The minimum atomic E-state index is 0.668. The molecular weight excluding hydrogens is 272 g/mol. The maximum atomic E-state index is 6.03. The summed E-state index contributed by atoms with van der Waals surface area (Å²) < 4.78 is 5.32. The van der Waals surface area contributed by atoms with Gasteiger partial charge in [-0.1, -0.05) is 0 Å². The van der Waals surface area contributed by atoms with Gasteiger partial charge in [0, 0.05) is 37.6 Å². The molecule has 6 heteroatoms. The molecule has 1 saturated heterocycles. The van der Waals surface area contributed by atoms with Gasteiger partial charge in [-0.15, -0.1) is 11.3 Å². The molecule has 1 aromatic rings. The third-order valence-electron chi connectivity index (χ3n) is 3.91. The minimum absolute atomic E-state index is 0.668. The highest BCUT2D eigenvalue weighted by molar-refractivity contribution is 7.10. The van der Waals surface area contributed by atoms with Gasteiger partial charge in [0.2, 0.25) is 0 Å². The van der Waals surface area contributed by atoms with E-state index in [0.717, 1.165) is 52.5 Å². The number of rotatable bonds is 3. The highest BCUT2D eigenvalue weighted by Crippen LogP contribution is 2.23. The third-order valence-corrected chi connectivity index (χ3v) is 4.93. The van der Waals surface area contributed by atoms with Crippen LogP contribution in [0.4, 0.5) is 0 Å². The first-order valence-electron chi connectivity index (χ1n) is 7.23. The first-order chi connectivity index (χ1) is 9.83. The van der Waals surface area contributed by atoms with Crippen molar-refractivity contribution in [3.05, 3.63) is 21.9 Å². The molecule has 2 aliphatic heterocycles. The molecule has 1 fully saturated rings. The van der Waals surface area contributed by atoms with Crippen molar-refractivity contribution in [2.75, 3.05) is 45.9 Å². The van der Waals surface area contributed by atoms with Gasteiger partial charge in [0.25, 0.3) is 0 Å². The lowest BCUT2D eigenvalue weighted by Gasteiger charge is -2.28. The molecule has 0 bridgehead atoms. The van der Waals surface area contributed by atoms with E-state index in [1.807, 2.05) is 11.3 Å². The summed E-state index contributed by atoms with van der Waals surface area (Å²) in [6.07, 6.45) is 1.18. The van der Waals surface area contributed by atoms with Crippen LogP contribution < -0.4 is 5.73 Å². The largest absolute Gasteiger partial charge is 0.378 e. The van der Waals surface area contributed by atoms with Crippen LogP contribution in [0.5, 0.6) is 0 Å². The lowest BCUT2D eigenvalue weighted by molar-refractivity contribution is 0.0674. The lowest BCUT2D eigenvalue weighted by Crippen LogP contribution is -2.45. The van der Waals surface area contributed by atoms with Gasteiger partial charge in [0.05, 0.1) is 19.8 Å². The predicted octanol–water partition coefficient (Wildman–Crippen LogP) is 0.753. The zero-order valence-electron chi connectivity index (χ0n) is 11.8. The van der Waals surface area contributed by atoms with E-state index in [4.69, 9.17) is 10.5 Å². The van der Waals surface area contributed by atoms with Gasteiger partial charge < -0.3 is 15.4 Å². The minimum Gasteiger partial charge on any atom is -0.378 e. The van der Waals surface area contributed by atoms with Crippen LogP contribution in [0.25, 0.3) is 0 Å². The van der Waals surface area contributed by atoms with Gasteiger partial charge >= 0.3 is 0 Å². The van der Waals surface area contributed by atoms with Crippen LogP contribution in [0.15, 0.2) is 16.4 Å². The molecule has 0 aromatic carbocycles. The Kier molecular flexibility index (Phi) is 4.54. The Labute approximate surface area is 124 Å². The van der Waals surface area contributed by atoms with Gasteiger partial charge in [0.15, 0.2) is 5.96 Å². The average Bonchev–Trinajstić information content (AvgIpc) is 2.95. The van der Waals surface area contributed by atoms with E-state index in [1.54, 1.807) is 4.88 Å². The summed E-state index contributed by atoms with van der Waals surface area (Å²) in [4.78, 5) is 10.6. The highest BCUT2D eigenvalue weighted by atomic mass is 32.1. The van der Waals surface area contributed by atoms with Crippen LogP contribution in [0.2, 0.25) is 0 Å². The van der Waals surface area contributed by atoms with Gasteiger partial charge in [-0.2, -0.15) is 0 Å². The number of thiophene rings is 1. The molecule has 20 heavy (non-hydrogen) atoms. The van der Waals surface area contributed by atoms with E-state index in [9.17, 15) is 0 Å². The summed E-state index contributed by atoms with van der Waals surface area (Å²) >= 11 is 1.88. The molecule has 0 atom stereocenters. The average molecular weight is 294 g/mol. The highest BCUT2D eigenvalue weighted by Gasteiger charge is 2.17. The first-order valence-corrected chi connectivity index (χ1v) is 8.11. The molecule has 110 valence electrons. The van der Waals surface area contributed by atoms with Crippen molar-refractivity contribution in [2.45, 2.75) is 13.0 Å². The molecule has 3 rings (SSSR count). The van der Waals surface area contributed by atoms with Crippen molar-refractivity contribution in [3.8, 4) is 0 Å². The maximum absolute atomic E-state index is 6.03. The molecule has 2 N–H and O–H groups in total. The second kappa shape index (κ2) is 6.56. The van der Waals surface area contributed by atoms with Crippen LogP contribution >= 0.6 is 11.3 Å². The molecule has 0 unspecified atom stereocenters. The normalized spacial score (nSPS) is 21.0. The molecule has 0 aliphatic carbocycles. The zero-order valence-corrected chi connectivity index (χ0v) is 12.6. The number of fused-ring (bicyclic) bond motifs is 1. The summed E-state index contributed by atoms with van der Waals surface area (Å²) in [6.45, 7) is 7.19. The van der Waals surface area contributed by atoms with Crippen molar-refractivity contribution in [1.29, 1.82) is 0 Å². The summed E-state index contributed by atoms with van der Waals surface area (Å²) in [5.41, 5.74) is 7.52. The smallest absolute Gasteiger partial charge is 0.191 e. The Morgan fingerprint density at radius 3 is 3.05 bits per heavy atom. The van der Waals surface area contributed by atoms with E-state index >= 15 is 0 Å². The number of nitrogens with two attached hydrogens (primary N) is 1. The summed E-state index contributed by atoms with van der Waals surface area (Å²) in [6, 6.07) is 2.25. The Balaban J connectivity index is 1.45. The van der Waals surface area contributed by atoms with E-state index in [2.05, 4.69) is 26.2 Å². The van der Waals surface area contributed by atoms with E-state index in [0.29, 0.717) is 5.96 Å². The number of hydrogen-bond acceptors (Lipinski definition) is 4. The van der Waals surface area contributed by atoms with Gasteiger partial charge in [-0.05, 0) is 23.4 Å². The standard InChI is InChI=1S/C14H22N4OS/c15-14(18-6-8-19-9-7-18)16-3-5-17-4-1-13-12(11-17)2-10-20-13/h2,10H,1,3-9,11H2,(H2,15,16). The Morgan fingerprint density at radius 1 is 1.35 bits per heavy atom. The molecule has 2 aliphatic rings. The van der Waals surface area contributed by atoms with Crippen molar-refractivity contribution in [3.63, 3.8) is 0 Å². The molecule has 3 heterocycles. The van der Waals surface area contributed by atoms with E-state index in [1.165, 1.54) is 12.0 Å². The monoisotopic (exact) mass is 294 g/mol. The van der Waals surface area contributed by atoms with E-state index in [-0.39, 0.29) is 0 Å². The quantitative estimate of drug-likeness (QED) is 0.660. The van der Waals surface area contributed by atoms with E-state index < -0.39 is 0 Å². The van der Waals surface area contributed by atoms with Crippen LogP contribution in [0, 0.1) is 0 Å². The SMILES string of the molecule is NC(=NCCN1CCc2sccc2C1)N1CCOCC1.